The summed E-state index contributed by atoms with van der Waals surface area (Å²) in [7, 11) is 2.04. The SMILES string of the molecule is CN(C)C1=NC(O)S(=O)N1. The number of rotatable bonds is 0. The number of nitrogens with zero attached hydrogens (tertiary/aromatic N) is 2. The van der Waals surface area contributed by atoms with Gasteiger partial charge in [0, 0.05) is 14.1 Å². The molecule has 0 amide bonds. The first kappa shape index (κ1) is 7.49. The lowest BCUT2D eigenvalue weighted by Gasteiger charge is -2.09. The van der Waals surface area contributed by atoms with Crippen molar-refractivity contribution in [1.82, 2.24) is 9.62 Å². The topological polar surface area (TPSA) is 64.9 Å². The number of hydrogen-bond acceptors (Lipinski definition) is 4. The standard InChI is InChI=1S/C4H9N3O2S/c1-7(2)3-5-4(8)10(9)6-3/h4,8H,1-2H3,(H,5,6). The third-order valence-corrected chi connectivity index (χ3v) is 1.91. The van der Waals surface area contributed by atoms with Crippen LogP contribution in [0, 0.1) is 0 Å². The second kappa shape index (κ2) is 2.55. The Labute approximate surface area is 61.3 Å². The Kier molecular flexibility index (Phi) is 1.91. The lowest BCUT2D eigenvalue weighted by Crippen LogP contribution is -2.33. The molecular weight excluding hydrogens is 154 g/mol. The first-order valence-corrected chi connectivity index (χ1v) is 3.93. The zero-order chi connectivity index (χ0) is 7.72. The van der Waals surface area contributed by atoms with Crippen LogP contribution in [-0.2, 0) is 11.0 Å². The summed E-state index contributed by atoms with van der Waals surface area (Å²) in [5.74, 6) is 0.450. The predicted molar refractivity (Wildman–Crippen MR) is 38.4 cm³/mol. The van der Waals surface area contributed by atoms with Gasteiger partial charge in [0.2, 0.25) is 11.5 Å². The average Bonchev–Trinajstić information content (AvgIpc) is 2.13. The fourth-order valence-corrected chi connectivity index (χ4v) is 1.24. The van der Waals surface area contributed by atoms with Gasteiger partial charge in [-0.05, 0) is 0 Å². The molecule has 58 valence electrons. The smallest absolute Gasteiger partial charge is 0.245 e. The molecular formula is C4H9N3O2S. The molecule has 10 heavy (non-hydrogen) atoms. The van der Waals surface area contributed by atoms with Crippen LogP contribution in [0.15, 0.2) is 4.99 Å². The lowest BCUT2D eigenvalue weighted by atomic mass is 10.8. The number of aliphatic imine (C=N–C) groups is 1. The largest absolute Gasteiger partial charge is 0.360 e. The highest BCUT2D eigenvalue weighted by molar-refractivity contribution is 7.84. The second-order valence-corrected chi connectivity index (χ2v) is 3.29. The van der Waals surface area contributed by atoms with Gasteiger partial charge in [0.25, 0.3) is 0 Å². The summed E-state index contributed by atoms with van der Waals surface area (Å²) < 4.78 is 13.2. The van der Waals surface area contributed by atoms with E-state index in [1.54, 1.807) is 19.0 Å². The Hall–Kier alpha value is -0.620. The highest BCUT2D eigenvalue weighted by atomic mass is 32.2. The van der Waals surface area contributed by atoms with E-state index in [4.69, 9.17) is 5.11 Å². The van der Waals surface area contributed by atoms with Gasteiger partial charge in [-0.1, -0.05) is 0 Å². The number of hydrogen-bond donors (Lipinski definition) is 2. The van der Waals surface area contributed by atoms with Gasteiger partial charge in [0.05, 0.1) is 0 Å². The van der Waals surface area contributed by atoms with Gasteiger partial charge in [-0.3, -0.25) is 4.72 Å². The van der Waals surface area contributed by atoms with Crippen molar-refractivity contribution in [2.45, 2.75) is 5.56 Å². The molecule has 0 aromatic heterocycles. The third-order valence-electron chi connectivity index (χ3n) is 1.04. The van der Waals surface area contributed by atoms with Crippen molar-refractivity contribution in [2.75, 3.05) is 14.1 Å². The number of nitrogens with one attached hydrogen (secondary N) is 1. The van der Waals surface area contributed by atoms with Gasteiger partial charge in [0.15, 0.2) is 11.0 Å². The van der Waals surface area contributed by atoms with Crippen LogP contribution in [0.4, 0.5) is 0 Å². The van der Waals surface area contributed by atoms with Crippen LogP contribution in [0.25, 0.3) is 0 Å². The molecule has 0 saturated heterocycles. The predicted octanol–water partition coefficient (Wildman–Crippen LogP) is -1.55. The van der Waals surface area contributed by atoms with E-state index >= 15 is 0 Å². The van der Waals surface area contributed by atoms with Crippen LogP contribution < -0.4 is 4.72 Å². The maximum Gasteiger partial charge on any atom is 0.245 e. The van der Waals surface area contributed by atoms with E-state index < -0.39 is 16.5 Å². The Bertz CT molecular complexity index is 191. The molecule has 5 nitrogen and oxygen atoms in total. The van der Waals surface area contributed by atoms with Crippen molar-refractivity contribution in [3.05, 3.63) is 0 Å². The number of aliphatic hydroxyl groups excluding tert-OH is 1. The average molecular weight is 163 g/mol. The molecule has 6 heteroatoms. The van der Waals surface area contributed by atoms with Crippen LogP contribution in [-0.4, -0.2) is 39.8 Å². The maximum atomic E-state index is 10.7. The number of guanidine groups is 1. The summed E-state index contributed by atoms with van der Waals surface area (Å²) in [5, 5.41) is 8.84. The molecule has 0 aromatic carbocycles. The fraction of sp³-hybridized carbons (Fsp3) is 0.750. The third kappa shape index (κ3) is 1.27. The van der Waals surface area contributed by atoms with Crippen molar-refractivity contribution in [3.63, 3.8) is 0 Å². The van der Waals surface area contributed by atoms with Crippen molar-refractivity contribution in [2.24, 2.45) is 4.99 Å². The minimum atomic E-state index is -1.46. The van der Waals surface area contributed by atoms with Crippen molar-refractivity contribution >= 4 is 16.9 Å². The van der Waals surface area contributed by atoms with Gasteiger partial charge in [-0.25, -0.2) is 9.20 Å². The van der Waals surface area contributed by atoms with E-state index in [-0.39, 0.29) is 0 Å². The Morgan fingerprint density at radius 1 is 1.80 bits per heavy atom. The van der Waals surface area contributed by atoms with Crippen molar-refractivity contribution in [3.8, 4) is 0 Å². The highest BCUT2D eigenvalue weighted by Crippen LogP contribution is 2.00. The molecule has 0 fully saturated rings. The molecule has 1 aliphatic rings. The molecule has 0 saturated carbocycles. The van der Waals surface area contributed by atoms with E-state index in [0.717, 1.165) is 0 Å². The zero-order valence-corrected chi connectivity index (χ0v) is 6.55. The number of aliphatic hydroxyl groups is 1. The fourth-order valence-electron chi connectivity index (χ4n) is 0.528. The first-order valence-electron chi connectivity index (χ1n) is 2.71. The van der Waals surface area contributed by atoms with E-state index in [1.807, 2.05) is 0 Å². The molecule has 0 aliphatic carbocycles. The van der Waals surface area contributed by atoms with Gasteiger partial charge in [-0.2, -0.15) is 0 Å². The van der Waals surface area contributed by atoms with Gasteiger partial charge in [0.1, 0.15) is 0 Å². The van der Waals surface area contributed by atoms with Gasteiger partial charge >= 0.3 is 0 Å². The van der Waals surface area contributed by atoms with Crippen LogP contribution in [0.1, 0.15) is 0 Å². The summed E-state index contributed by atoms with van der Waals surface area (Å²) in [5.41, 5.74) is -1.11. The van der Waals surface area contributed by atoms with E-state index in [9.17, 15) is 4.21 Å². The molecule has 1 aliphatic heterocycles. The Balaban J connectivity index is 2.67. The van der Waals surface area contributed by atoms with Crippen LogP contribution in [0.2, 0.25) is 0 Å². The minimum Gasteiger partial charge on any atom is -0.360 e. The summed E-state index contributed by atoms with van der Waals surface area (Å²) in [6, 6.07) is 0. The second-order valence-electron chi connectivity index (χ2n) is 2.07. The minimum absolute atomic E-state index is 0.450. The molecule has 0 radical (unpaired) electrons. The zero-order valence-electron chi connectivity index (χ0n) is 5.74. The summed E-state index contributed by atoms with van der Waals surface area (Å²) >= 11 is 0. The summed E-state index contributed by atoms with van der Waals surface area (Å²) in [6.07, 6.45) is 0. The van der Waals surface area contributed by atoms with Crippen molar-refractivity contribution < 1.29 is 9.32 Å². The molecule has 1 heterocycles. The van der Waals surface area contributed by atoms with Crippen LogP contribution in [0.3, 0.4) is 0 Å². The Morgan fingerprint density at radius 3 is 2.60 bits per heavy atom. The van der Waals surface area contributed by atoms with E-state index in [0.29, 0.717) is 5.96 Å². The Morgan fingerprint density at radius 2 is 2.40 bits per heavy atom. The van der Waals surface area contributed by atoms with Gasteiger partial charge < -0.3 is 10.0 Å². The summed E-state index contributed by atoms with van der Waals surface area (Å²) in [4.78, 5) is 5.30. The van der Waals surface area contributed by atoms with E-state index in [1.165, 1.54) is 0 Å². The van der Waals surface area contributed by atoms with Crippen LogP contribution in [0.5, 0.6) is 0 Å². The summed E-state index contributed by atoms with van der Waals surface area (Å²) in [6.45, 7) is 0. The van der Waals surface area contributed by atoms with Crippen molar-refractivity contribution in [1.29, 1.82) is 0 Å². The van der Waals surface area contributed by atoms with E-state index in [2.05, 4.69) is 9.71 Å². The highest BCUT2D eigenvalue weighted by Gasteiger charge is 2.22. The molecule has 0 aromatic rings. The maximum absolute atomic E-state index is 10.7. The molecule has 2 atom stereocenters. The molecule has 2 unspecified atom stereocenters. The van der Waals surface area contributed by atoms with Crippen LogP contribution >= 0.6 is 0 Å². The molecule has 0 spiro atoms. The van der Waals surface area contributed by atoms with Gasteiger partial charge in [-0.15, -0.1) is 0 Å². The lowest BCUT2D eigenvalue weighted by molar-refractivity contribution is 0.269. The first-order chi connectivity index (χ1) is 4.61. The molecule has 0 bridgehead atoms. The molecule has 1 rings (SSSR count). The normalized spacial score (nSPS) is 31.3. The molecule has 2 N–H and O–H groups in total. The monoisotopic (exact) mass is 163 g/mol. The quantitative estimate of drug-likeness (QED) is 0.454.